The van der Waals surface area contributed by atoms with Crippen LogP contribution in [0.3, 0.4) is 0 Å². The van der Waals surface area contributed by atoms with Gasteiger partial charge >= 0.3 is 6.09 Å². The maximum absolute atomic E-state index is 12.6. The number of carbonyl (C=O) groups excluding carboxylic acids is 2. The number of nitrogens with two attached hydrogens (primary N) is 1. The molecule has 174 valence electrons. The lowest BCUT2D eigenvalue weighted by molar-refractivity contribution is 0.0959. The molecular weight excluding hydrogens is 442 g/mol. The van der Waals surface area contributed by atoms with Crippen molar-refractivity contribution in [1.82, 2.24) is 15.3 Å². The zero-order valence-electron chi connectivity index (χ0n) is 19.0. The van der Waals surface area contributed by atoms with E-state index in [0.29, 0.717) is 16.9 Å². The van der Waals surface area contributed by atoms with Crippen LogP contribution in [0.1, 0.15) is 27.5 Å². The van der Waals surface area contributed by atoms with E-state index in [0.717, 1.165) is 11.1 Å². The second-order valence-corrected chi connectivity index (χ2v) is 8.10. The Kier molecular flexibility index (Phi) is 5.85. The monoisotopic (exact) mass is 465 g/mol. The lowest BCUT2D eigenvalue weighted by Crippen LogP contribution is -2.21. The number of rotatable bonds is 5. The fourth-order valence-electron chi connectivity index (χ4n) is 4.33. The first-order valence-electron chi connectivity index (χ1n) is 11.1. The molecule has 0 fully saturated rings. The third-order valence-electron chi connectivity index (χ3n) is 5.99. The third-order valence-corrected chi connectivity index (χ3v) is 5.99. The molecule has 4 N–H and O–H groups in total. The van der Waals surface area contributed by atoms with Crippen molar-refractivity contribution >= 4 is 23.5 Å². The average Bonchev–Trinajstić information content (AvgIpc) is 3.21. The van der Waals surface area contributed by atoms with Crippen LogP contribution in [0.25, 0.3) is 22.4 Å². The van der Waals surface area contributed by atoms with Gasteiger partial charge in [0.05, 0.1) is 11.9 Å². The molecular formula is C27H23N5O3. The third kappa shape index (κ3) is 4.29. The first-order valence-corrected chi connectivity index (χ1v) is 11.1. The Hall–Kier alpha value is -4.72. The Morgan fingerprint density at radius 2 is 1.66 bits per heavy atom. The van der Waals surface area contributed by atoms with Crippen LogP contribution in [0.4, 0.5) is 16.3 Å². The summed E-state index contributed by atoms with van der Waals surface area (Å²) < 4.78 is 5.62. The van der Waals surface area contributed by atoms with Crippen molar-refractivity contribution in [2.45, 2.75) is 5.92 Å². The number of carbonyl (C=O) groups is 2. The molecule has 0 spiro atoms. The van der Waals surface area contributed by atoms with Crippen molar-refractivity contribution in [3.05, 3.63) is 95.8 Å². The van der Waals surface area contributed by atoms with Gasteiger partial charge in [0.25, 0.3) is 5.91 Å². The summed E-state index contributed by atoms with van der Waals surface area (Å²) in [6, 6.07) is 23.4. The molecule has 0 atom stereocenters. The van der Waals surface area contributed by atoms with Gasteiger partial charge in [0, 0.05) is 24.2 Å². The minimum Gasteiger partial charge on any atom is -0.448 e. The first kappa shape index (κ1) is 22.1. The van der Waals surface area contributed by atoms with E-state index in [9.17, 15) is 9.59 Å². The van der Waals surface area contributed by atoms with Crippen LogP contribution < -0.4 is 16.4 Å². The van der Waals surface area contributed by atoms with Gasteiger partial charge in [-0.05, 0) is 34.4 Å². The van der Waals surface area contributed by atoms with E-state index >= 15 is 0 Å². The normalized spacial score (nSPS) is 11.9. The first-order chi connectivity index (χ1) is 17.0. The van der Waals surface area contributed by atoms with Gasteiger partial charge in [-0.3, -0.25) is 10.1 Å². The van der Waals surface area contributed by atoms with Crippen LogP contribution in [0.2, 0.25) is 0 Å². The summed E-state index contributed by atoms with van der Waals surface area (Å²) in [6.45, 7) is 0.221. The quantitative estimate of drug-likeness (QED) is 0.401. The van der Waals surface area contributed by atoms with Crippen LogP contribution in [-0.4, -0.2) is 35.6 Å². The topological polar surface area (TPSA) is 119 Å². The molecule has 0 saturated heterocycles. The van der Waals surface area contributed by atoms with E-state index in [4.69, 9.17) is 10.5 Å². The van der Waals surface area contributed by atoms with Crippen LogP contribution in [-0.2, 0) is 4.74 Å². The Bertz CT molecular complexity index is 1390. The number of hydrogen-bond donors (Lipinski definition) is 3. The summed E-state index contributed by atoms with van der Waals surface area (Å²) in [4.78, 5) is 33.0. The number of fused-ring (bicyclic) bond motifs is 3. The van der Waals surface area contributed by atoms with E-state index in [1.807, 2.05) is 24.3 Å². The Labute approximate surface area is 202 Å². The maximum atomic E-state index is 12.6. The Morgan fingerprint density at radius 3 is 2.34 bits per heavy atom. The zero-order valence-corrected chi connectivity index (χ0v) is 19.0. The summed E-state index contributed by atoms with van der Waals surface area (Å²) in [5.41, 5.74) is 12.1. The van der Waals surface area contributed by atoms with Gasteiger partial charge in [-0.2, -0.15) is 0 Å². The van der Waals surface area contributed by atoms with Gasteiger partial charge in [-0.1, -0.05) is 60.7 Å². The number of hydrogen-bond acceptors (Lipinski definition) is 6. The van der Waals surface area contributed by atoms with Crippen molar-refractivity contribution < 1.29 is 14.3 Å². The smallest absolute Gasteiger partial charge is 0.411 e. The molecule has 0 saturated carbocycles. The van der Waals surface area contributed by atoms with E-state index in [2.05, 4.69) is 44.9 Å². The van der Waals surface area contributed by atoms with E-state index < -0.39 is 12.0 Å². The molecule has 0 unspecified atom stereocenters. The number of benzene rings is 3. The number of nitrogen functional groups attached to an aromatic ring is 1. The van der Waals surface area contributed by atoms with Crippen LogP contribution in [0.15, 0.2) is 79.0 Å². The minimum absolute atomic E-state index is 0.0207. The Balaban J connectivity index is 1.30. The van der Waals surface area contributed by atoms with Gasteiger partial charge in [0.2, 0.25) is 0 Å². The highest BCUT2D eigenvalue weighted by molar-refractivity contribution is 5.96. The molecule has 2 amide bonds. The molecule has 0 radical (unpaired) electrons. The van der Waals surface area contributed by atoms with Crippen molar-refractivity contribution in [2.24, 2.45) is 0 Å². The summed E-state index contributed by atoms with van der Waals surface area (Å²) in [6.07, 6.45) is 0.923. The van der Waals surface area contributed by atoms with Gasteiger partial charge in [0.15, 0.2) is 11.5 Å². The van der Waals surface area contributed by atoms with E-state index in [1.165, 1.54) is 24.4 Å². The van der Waals surface area contributed by atoms with Crippen molar-refractivity contribution in [3.63, 3.8) is 0 Å². The largest absolute Gasteiger partial charge is 0.448 e. The Morgan fingerprint density at radius 1 is 0.971 bits per heavy atom. The summed E-state index contributed by atoms with van der Waals surface area (Å²) in [5, 5.41) is 5.26. The number of nitrogens with one attached hydrogen (secondary N) is 2. The minimum atomic E-state index is -0.557. The molecule has 3 aromatic carbocycles. The average molecular weight is 466 g/mol. The van der Waals surface area contributed by atoms with Crippen LogP contribution >= 0.6 is 0 Å². The van der Waals surface area contributed by atoms with Gasteiger partial charge < -0.3 is 15.8 Å². The summed E-state index contributed by atoms with van der Waals surface area (Å²) >= 11 is 0. The standard InChI is InChI=1S/C27H23N5O3/c1-29-26(33)24-25(28)30-14-23(32-24)16-7-6-8-17(13-16)31-27(34)35-15-22-20-11-4-2-9-18(20)19-10-3-5-12-21(19)22/h2-14,22H,15H2,1H3,(H2,28,30)(H,29,33)(H,31,34). The highest BCUT2D eigenvalue weighted by atomic mass is 16.5. The highest BCUT2D eigenvalue weighted by Crippen LogP contribution is 2.44. The SMILES string of the molecule is CNC(=O)c1nc(-c2cccc(NC(=O)OCC3c4ccccc4-c4ccccc43)c2)cnc1N. The van der Waals surface area contributed by atoms with Crippen molar-refractivity contribution in [1.29, 1.82) is 0 Å². The maximum Gasteiger partial charge on any atom is 0.411 e. The molecule has 5 rings (SSSR count). The predicted molar refractivity (Wildman–Crippen MR) is 134 cm³/mol. The molecule has 8 nitrogen and oxygen atoms in total. The summed E-state index contributed by atoms with van der Waals surface area (Å²) in [5.74, 6) is -0.404. The number of amides is 2. The molecule has 0 aliphatic heterocycles. The molecule has 4 aromatic rings. The second-order valence-electron chi connectivity index (χ2n) is 8.10. The second kappa shape index (κ2) is 9.26. The fraction of sp³-hybridized carbons (Fsp3) is 0.111. The van der Waals surface area contributed by atoms with Crippen LogP contribution in [0, 0.1) is 0 Å². The molecule has 1 heterocycles. The highest BCUT2D eigenvalue weighted by Gasteiger charge is 2.29. The number of ether oxygens (including phenoxy) is 1. The number of anilines is 2. The molecule has 35 heavy (non-hydrogen) atoms. The zero-order chi connectivity index (χ0) is 24.4. The van der Waals surface area contributed by atoms with Gasteiger partial charge in [0.1, 0.15) is 6.61 Å². The van der Waals surface area contributed by atoms with Crippen molar-refractivity contribution in [3.8, 4) is 22.4 Å². The van der Waals surface area contributed by atoms with Crippen molar-refractivity contribution in [2.75, 3.05) is 24.7 Å². The molecule has 0 bridgehead atoms. The fourth-order valence-corrected chi connectivity index (χ4v) is 4.33. The summed E-state index contributed by atoms with van der Waals surface area (Å²) in [7, 11) is 1.50. The lowest BCUT2D eigenvalue weighted by Gasteiger charge is -2.15. The molecule has 1 aliphatic rings. The van der Waals surface area contributed by atoms with Gasteiger partial charge in [-0.15, -0.1) is 0 Å². The molecule has 8 heteroatoms. The van der Waals surface area contributed by atoms with E-state index in [-0.39, 0.29) is 24.0 Å². The number of nitrogens with zero attached hydrogens (tertiary/aromatic N) is 2. The number of aromatic nitrogens is 2. The van der Waals surface area contributed by atoms with Gasteiger partial charge in [-0.25, -0.2) is 14.8 Å². The predicted octanol–water partition coefficient (Wildman–Crippen LogP) is 4.45. The lowest BCUT2D eigenvalue weighted by atomic mass is 9.98. The molecule has 1 aliphatic carbocycles. The van der Waals surface area contributed by atoms with E-state index in [1.54, 1.807) is 24.3 Å². The molecule has 1 aromatic heterocycles. The van der Waals surface area contributed by atoms with Crippen LogP contribution in [0.5, 0.6) is 0 Å².